The van der Waals surface area contributed by atoms with Crippen molar-refractivity contribution in [1.82, 2.24) is 0 Å². The molecule has 0 unspecified atom stereocenters. The predicted molar refractivity (Wildman–Crippen MR) is 65.8 cm³/mol. The van der Waals surface area contributed by atoms with Crippen LogP contribution in [-0.4, -0.2) is 11.1 Å². The molecule has 0 atom stereocenters. The van der Waals surface area contributed by atoms with E-state index in [9.17, 15) is 9.18 Å². The molecule has 0 aliphatic rings. The van der Waals surface area contributed by atoms with Crippen molar-refractivity contribution in [2.24, 2.45) is 0 Å². The van der Waals surface area contributed by atoms with Crippen LogP contribution in [0.25, 0.3) is 17.4 Å². The Morgan fingerprint density at radius 2 is 2.11 bits per heavy atom. The number of furan rings is 1. The Morgan fingerprint density at radius 1 is 1.33 bits per heavy atom. The standard InChI is InChI=1S/C13H8ClFO3/c14-10-7-8(1-4-11(10)15)12-5-2-9(18-12)3-6-13(16)17/h1-7H,(H,16,17). The molecule has 0 aliphatic carbocycles. The maximum Gasteiger partial charge on any atom is 0.328 e. The largest absolute Gasteiger partial charge is 0.478 e. The first-order valence-corrected chi connectivity index (χ1v) is 5.40. The molecule has 1 aromatic carbocycles. The molecule has 2 rings (SSSR count). The molecule has 1 aromatic heterocycles. The van der Waals surface area contributed by atoms with Gasteiger partial charge in [0.2, 0.25) is 0 Å². The van der Waals surface area contributed by atoms with E-state index in [1.165, 1.54) is 24.3 Å². The lowest BCUT2D eigenvalue weighted by Gasteiger charge is -1.98. The SMILES string of the molecule is O=C(O)C=Cc1ccc(-c2ccc(F)c(Cl)c2)o1. The van der Waals surface area contributed by atoms with Gasteiger partial charge in [-0.2, -0.15) is 0 Å². The summed E-state index contributed by atoms with van der Waals surface area (Å²) in [7, 11) is 0. The molecule has 0 saturated heterocycles. The van der Waals surface area contributed by atoms with Crippen LogP contribution in [0.4, 0.5) is 4.39 Å². The Labute approximate surface area is 107 Å². The van der Waals surface area contributed by atoms with E-state index in [0.29, 0.717) is 17.1 Å². The highest BCUT2D eigenvalue weighted by Gasteiger charge is 2.06. The normalized spacial score (nSPS) is 11.0. The number of carboxylic acids is 1. The number of carbonyl (C=O) groups is 1. The van der Waals surface area contributed by atoms with E-state index < -0.39 is 11.8 Å². The minimum Gasteiger partial charge on any atom is -0.478 e. The Balaban J connectivity index is 2.29. The summed E-state index contributed by atoms with van der Waals surface area (Å²) in [5.41, 5.74) is 0.622. The number of aliphatic carboxylic acids is 1. The molecule has 0 radical (unpaired) electrons. The fraction of sp³-hybridized carbons (Fsp3) is 0. The predicted octanol–water partition coefficient (Wildman–Crippen LogP) is 3.84. The van der Waals surface area contributed by atoms with E-state index in [-0.39, 0.29) is 5.02 Å². The average Bonchev–Trinajstić information content (AvgIpc) is 2.79. The van der Waals surface area contributed by atoms with Crippen LogP contribution in [0.3, 0.4) is 0 Å². The van der Waals surface area contributed by atoms with Crippen molar-refractivity contribution in [2.45, 2.75) is 0 Å². The van der Waals surface area contributed by atoms with Crippen LogP contribution in [0.15, 0.2) is 40.8 Å². The lowest BCUT2D eigenvalue weighted by atomic mass is 10.2. The van der Waals surface area contributed by atoms with E-state index in [1.54, 1.807) is 12.1 Å². The highest BCUT2D eigenvalue weighted by atomic mass is 35.5. The van der Waals surface area contributed by atoms with Gasteiger partial charge in [0.1, 0.15) is 17.3 Å². The summed E-state index contributed by atoms with van der Waals surface area (Å²) >= 11 is 5.66. The number of hydrogen-bond acceptors (Lipinski definition) is 2. The molecule has 1 N–H and O–H groups in total. The zero-order chi connectivity index (χ0) is 13.1. The van der Waals surface area contributed by atoms with Crippen LogP contribution in [0, 0.1) is 5.82 Å². The summed E-state index contributed by atoms with van der Waals surface area (Å²) in [6.45, 7) is 0. The highest BCUT2D eigenvalue weighted by molar-refractivity contribution is 6.31. The third-order valence-electron chi connectivity index (χ3n) is 2.22. The monoisotopic (exact) mass is 266 g/mol. The van der Waals surface area contributed by atoms with E-state index in [0.717, 1.165) is 6.08 Å². The Bertz CT molecular complexity index is 616. The summed E-state index contributed by atoms with van der Waals surface area (Å²) in [4.78, 5) is 10.3. The summed E-state index contributed by atoms with van der Waals surface area (Å²) < 4.78 is 18.4. The number of carboxylic acid groups (broad SMARTS) is 1. The zero-order valence-electron chi connectivity index (χ0n) is 9.06. The van der Waals surface area contributed by atoms with Gasteiger partial charge in [-0.05, 0) is 36.4 Å². The van der Waals surface area contributed by atoms with Crippen molar-refractivity contribution in [3.8, 4) is 11.3 Å². The van der Waals surface area contributed by atoms with Gasteiger partial charge in [-0.1, -0.05) is 11.6 Å². The smallest absolute Gasteiger partial charge is 0.328 e. The summed E-state index contributed by atoms with van der Waals surface area (Å²) in [5.74, 6) is -0.675. The maximum absolute atomic E-state index is 13.0. The van der Waals surface area contributed by atoms with E-state index in [2.05, 4.69) is 0 Å². The molecule has 0 aliphatic heterocycles. The second kappa shape index (κ2) is 5.06. The second-order valence-corrected chi connectivity index (χ2v) is 3.91. The molecule has 0 saturated carbocycles. The fourth-order valence-corrected chi connectivity index (χ4v) is 1.58. The summed E-state index contributed by atoms with van der Waals surface area (Å²) in [6.07, 6.45) is 2.30. The molecular weight excluding hydrogens is 259 g/mol. The van der Waals surface area contributed by atoms with Gasteiger partial charge < -0.3 is 9.52 Å². The highest BCUT2D eigenvalue weighted by Crippen LogP contribution is 2.26. The summed E-state index contributed by atoms with van der Waals surface area (Å²) in [6, 6.07) is 7.50. The summed E-state index contributed by atoms with van der Waals surface area (Å²) in [5, 5.41) is 8.48. The van der Waals surface area contributed by atoms with E-state index >= 15 is 0 Å². The van der Waals surface area contributed by atoms with Gasteiger partial charge in [0, 0.05) is 11.6 Å². The van der Waals surface area contributed by atoms with Crippen LogP contribution in [-0.2, 0) is 4.79 Å². The first-order valence-electron chi connectivity index (χ1n) is 5.02. The van der Waals surface area contributed by atoms with Gasteiger partial charge >= 0.3 is 5.97 Å². The zero-order valence-corrected chi connectivity index (χ0v) is 9.82. The van der Waals surface area contributed by atoms with E-state index in [4.69, 9.17) is 21.1 Å². The second-order valence-electron chi connectivity index (χ2n) is 3.50. The Kier molecular flexibility index (Phi) is 3.48. The third kappa shape index (κ3) is 2.78. The molecule has 2 aromatic rings. The molecule has 0 fully saturated rings. The van der Waals surface area contributed by atoms with Crippen LogP contribution in [0.5, 0.6) is 0 Å². The molecule has 92 valence electrons. The quantitative estimate of drug-likeness (QED) is 0.859. The maximum atomic E-state index is 13.0. The van der Waals surface area contributed by atoms with Crippen LogP contribution in [0.1, 0.15) is 5.76 Å². The number of rotatable bonds is 3. The lowest BCUT2D eigenvalue weighted by molar-refractivity contribution is -0.131. The molecule has 18 heavy (non-hydrogen) atoms. The van der Waals surface area contributed by atoms with Crippen molar-refractivity contribution in [3.63, 3.8) is 0 Å². The first-order chi connectivity index (χ1) is 8.56. The van der Waals surface area contributed by atoms with Crippen molar-refractivity contribution in [3.05, 3.63) is 53.0 Å². The van der Waals surface area contributed by atoms with Gasteiger partial charge in [0.25, 0.3) is 0 Å². The van der Waals surface area contributed by atoms with Crippen molar-refractivity contribution < 1.29 is 18.7 Å². The average molecular weight is 267 g/mol. The van der Waals surface area contributed by atoms with Gasteiger partial charge in [-0.15, -0.1) is 0 Å². The molecule has 1 heterocycles. The molecule has 0 bridgehead atoms. The van der Waals surface area contributed by atoms with Gasteiger partial charge in [0.15, 0.2) is 0 Å². The van der Waals surface area contributed by atoms with E-state index in [1.807, 2.05) is 0 Å². The van der Waals surface area contributed by atoms with Crippen molar-refractivity contribution in [2.75, 3.05) is 0 Å². The number of benzene rings is 1. The number of halogens is 2. The minimum absolute atomic E-state index is 0.00604. The van der Waals surface area contributed by atoms with Crippen molar-refractivity contribution >= 4 is 23.6 Å². The fourth-order valence-electron chi connectivity index (χ4n) is 1.40. The molecule has 5 heteroatoms. The van der Waals surface area contributed by atoms with Crippen LogP contribution >= 0.6 is 11.6 Å². The van der Waals surface area contributed by atoms with Gasteiger partial charge in [0.05, 0.1) is 5.02 Å². The van der Waals surface area contributed by atoms with Crippen LogP contribution in [0.2, 0.25) is 5.02 Å². The van der Waals surface area contributed by atoms with Gasteiger partial charge in [-0.25, -0.2) is 9.18 Å². The number of hydrogen-bond donors (Lipinski definition) is 1. The Morgan fingerprint density at radius 3 is 2.78 bits per heavy atom. The Hall–Kier alpha value is -2.07. The molecule has 0 amide bonds. The van der Waals surface area contributed by atoms with Gasteiger partial charge in [-0.3, -0.25) is 0 Å². The molecule has 3 nitrogen and oxygen atoms in total. The minimum atomic E-state index is -1.06. The first kappa shape index (κ1) is 12.4. The molecular formula is C13H8ClFO3. The topological polar surface area (TPSA) is 50.4 Å². The van der Waals surface area contributed by atoms with Crippen LogP contribution < -0.4 is 0 Å². The third-order valence-corrected chi connectivity index (χ3v) is 2.51. The van der Waals surface area contributed by atoms with Crippen molar-refractivity contribution in [1.29, 1.82) is 0 Å². The molecule has 0 spiro atoms. The lowest BCUT2D eigenvalue weighted by Crippen LogP contribution is -1.84.